The van der Waals surface area contributed by atoms with Gasteiger partial charge in [-0.15, -0.1) is 11.3 Å². The van der Waals surface area contributed by atoms with Gasteiger partial charge in [-0.2, -0.15) is 0 Å². The molecule has 2 aromatic carbocycles. The van der Waals surface area contributed by atoms with Crippen LogP contribution in [0.1, 0.15) is 15.9 Å². The number of nitrogens with one attached hydrogen (secondary N) is 1. The summed E-state index contributed by atoms with van der Waals surface area (Å²) in [5.74, 6) is 0.423. The van der Waals surface area contributed by atoms with Crippen LogP contribution in [0.15, 0.2) is 89.2 Å². The van der Waals surface area contributed by atoms with Crippen molar-refractivity contribution in [3.8, 4) is 16.9 Å². The minimum atomic E-state index is -0.226. The number of nitrogens with zero attached hydrogens (tertiary/aromatic N) is 1. The molecule has 5 rings (SSSR count). The average Bonchev–Trinajstić information content (AvgIpc) is 3.32. The van der Waals surface area contributed by atoms with E-state index in [2.05, 4.69) is 5.32 Å². The molecule has 1 amide bonds. The van der Waals surface area contributed by atoms with Crippen molar-refractivity contribution < 1.29 is 9.53 Å². The molecule has 1 N–H and O–H groups in total. The van der Waals surface area contributed by atoms with Gasteiger partial charge in [0.2, 0.25) is 0 Å². The van der Waals surface area contributed by atoms with Crippen LogP contribution >= 0.6 is 11.3 Å². The summed E-state index contributed by atoms with van der Waals surface area (Å²) in [6, 6.07) is 22.7. The second-order valence-corrected chi connectivity index (χ2v) is 8.33. The third-order valence-electron chi connectivity index (χ3n) is 5.47. The van der Waals surface area contributed by atoms with E-state index in [1.807, 2.05) is 66.0 Å². The highest BCUT2D eigenvalue weighted by Gasteiger charge is 2.19. The van der Waals surface area contributed by atoms with E-state index in [0.717, 1.165) is 15.6 Å². The summed E-state index contributed by atoms with van der Waals surface area (Å²) in [7, 11) is 1.59. The zero-order valence-corrected chi connectivity index (χ0v) is 18.2. The number of fused-ring (bicyclic) bond motifs is 3. The fourth-order valence-corrected chi connectivity index (χ4v) is 4.79. The van der Waals surface area contributed by atoms with E-state index in [-0.39, 0.29) is 11.5 Å². The highest BCUT2D eigenvalue weighted by molar-refractivity contribution is 7.18. The van der Waals surface area contributed by atoms with Crippen molar-refractivity contribution in [2.24, 2.45) is 0 Å². The lowest BCUT2D eigenvalue weighted by Crippen LogP contribution is -2.26. The first-order valence-corrected chi connectivity index (χ1v) is 11.1. The number of rotatable bonds is 5. The van der Waals surface area contributed by atoms with Crippen molar-refractivity contribution in [2.45, 2.75) is 6.54 Å². The van der Waals surface area contributed by atoms with E-state index in [0.29, 0.717) is 34.5 Å². The van der Waals surface area contributed by atoms with E-state index in [9.17, 15) is 9.59 Å². The molecule has 5 aromatic rings. The van der Waals surface area contributed by atoms with Crippen molar-refractivity contribution in [3.05, 3.63) is 106 Å². The van der Waals surface area contributed by atoms with Gasteiger partial charge in [-0.05, 0) is 52.2 Å². The van der Waals surface area contributed by atoms with Crippen molar-refractivity contribution >= 4 is 32.8 Å². The van der Waals surface area contributed by atoms with Crippen LogP contribution in [0.2, 0.25) is 0 Å². The van der Waals surface area contributed by atoms with Crippen LogP contribution in [0, 0.1) is 0 Å². The number of pyridine rings is 2. The number of methoxy groups -OCH3 is 1. The number of amides is 1. The molecule has 5 nitrogen and oxygen atoms in total. The average molecular weight is 441 g/mol. The minimum absolute atomic E-state index is 0.178. The maximum absolute atomic E-state index is 13.4. The molecule has 0 aliphatic carbocycles. The highest BCUT2D eigenvalue weighted by atomic mass is 32.1. The molecular weight excluding hydrogens is 420 g/mol. The van der Waals surface area contributed by atoms with Crippen molar-refractivity contribution in [3.63, 3.8) is 0 Å². The van der Waals surface area contributed by atoms with Gasteiger partial charge in [0, 0.05) is 18.3 Å². The van der Waals surface area contributed by atoms with Gasteiger partial charge in [0.05, 0.1) is 22.9 Å². The smallest absolute Gasteiger partial charge is 0.263 e. The summed E-state index contributed by atoms with van der Waals surface area (Å²) in [4.78, 5) is 26.8. The molecule has 32 heavy (non-hydrogen) atoms. The van der Waals surface area contributed by atoms with E-state index in [4.69, 9.17) is 4.74 Å². The predicted molar refractivity (Wildman–Crippen MR) is 129 cm³/mol. The van der Waals surface area contributed by atoms with Gasteiger partial charge < -0.3 is 10.1 Å². The van der Waals surface area contributed by atoms with E-state index in [1.54, 1.807) is 29.8 Å². The summed E-state index contributed by atoms with van der Waals surface area (Å²) < 4.78 is 7.81. The maximum Gasteiger partial charge on any atom is 0.263 e. The summed E-state index contributed by atoms with van der Waals surface area (Å²) >= 11 is 1.52. The number of hydrogen-bond donors (Lipinski definition) is 1. The van der Waals surface area contributed by atoms with Crippen LogP contribution in [-0.2, 0) is 6.54 Å². The number of benzene rings is 2. The number of carbonyl (C=O) groups is 1. The Bertz CT molecular complexity index is 1500. The van der Waals surface area contributed by atoms with Gasteiger partial charge in [-0.3, -0.25) is 14.0 Å². The number of hydrogen-bond acceptors (Lipinski definition) is 4. The van der Waals surface area contributed by atoms with Crippen LogP contribution in [-0.4, -0.2) is 17.4 Å². The lowest BCUT2D eigenvalue weighted by molar-refractivity contribution is 0.0952. The molecule has 0 saturated heterocycles. The zero-order valence-electron chi connectivity index (χ0n) is 17.4. The van der Waals surface area contributed by atoms with E-state index in [1.165, 1.54) is 11.3 Å². The molecule has 0 fully saturated rings. The molecule has 3 heterocycles. The first-order chi connectivity index (χ1) is 15.7. The quantitative estimate of drug-likeness (QED) is 0.413. The van der Waals surface area contributed by atoms with Crippen LogP contribution in [0.3, 0.4) is 0 Å². The van der Waals surface area contributed by atoms with E-state index < -0.39 is 0 Å². The van der Waals surface area contributed by atoms with Crippen LogP contribution in [0.5, 0.6) is 5.75 Å². The van der Waals surface area contributed by atoms with Crippen LogP contribution in [0.4, 0.5) is 0 Å². The Hall–Kier alpha value is -3.90. The first kappa shape index (κ1) is 20.0. The fraction of sp³-hybridized carbons (Fsp3) is 0.0769. The number of carbonyl (C=O) groups excluding carboxylic acids is 1. The maximum atomic E-state index is 13.4. The molecule has 0 aliphatic rings. The third-order valence-corrected chi connectivity index (χ3v) is 6.41. The Balaban J connectivity index is 1.70. The van der Waals surface area contributed by atoms with Gasteiger partial charge in [0.25, 0.3) is 11.5 Å². The largest absolute Gasteiger partial charge is 0.497 e. The number of ether oxygens (including phenoxy) is 1. The standard InChI is InChI=1S/C26H20N2O3S/c1-31-20-9-5-8-19(14-20)21-15-22(25(29)27-16-17-6-3-2-4-7-17)23-24-18(11-13-32-24)10-12-28(23)26(21)30/h2-15H,16H2,1H3,(H,27,29). The predicted octanol–water partition coefficient (Wildman–Crippen LogP) is 5.12. The number of aromatic nitrogens is 1. The molecule has 0 radical (unpaired) electrons. The summed E-state index contributed by atoms with van der Waals surface area (Å²) in [6.07, 6.45) is 1.74. The second kappa shape index (κ2) is 8.32. The summed E-state index contributed by atoms with van der Waals surface area (Å²) in [6.45, 7) is 0.403. The van der Waals surface area contributed by atoms with Crippen LogP contribution < -0.4 is 15.6 Å². The van der Waals surface area contributed by atoms with Gasteiger partial charge in [0.1, 0.15) is 5.75 Å². The Labute approximate surface area is 188 Å². The Kier molecular flexibility index (Phi) is 5.21. The molecule has 0 bridgehead atoms. The minimum Gasteiger partial charge on any atom is -0.497 e. The molecule has 0 aliphatic heterocycles. The Morgan fingerprint density at radius 3 is 2.69 bits per heavy atom. The fourth-order valence-electron chi connectivity index (χ4n) is 3.85. The lowest BCUT2D eigenvalue weighted by Gasteiger charge is -2.13. The monoisotopic (exact) mass is 440 g/mol. The van der Waals surface area contributed by atoms with E-state index >= 15 is 0 Å². The number of thiophene rings is 1. The summed E-state index contributed by atoms with van der Waals surface area (Å²) in [5, 5.41) is 5.98. The highest BCUT2D eigenvalue weighted by Crippen LogP contribution is 2.30. The molecule has 158 valence electrons. The topological polar surface area (TPSA) is 59.8 Å². The van der Waals surface area contributed by atoms with Gasteiger partial charge in [-0.1, -0.05) is 42.5 Å². The molecule has 0 atom stereocenters. The molecular formula is C26H20N2O3S. The third kappa shape index (κ3) is 3.55. The van der Waals surface area contributed by atoms with Gasteiger partial charge >= 0.3 is 0 Å². The molecule has 0 spiro atoms. The van der Waals surface area contributed by atoms with Crippen molar-refractivity contribution in [1.82, 2.24) is 9.72 Å². The van der Waals surface area contributed by atoms with Crippen molar-refractivity contribution in [2.75, 3.05) is 7.11 Å². The molecule has 3 aromatic heterocycles. The summed E-state index contributed by atoms with van der Waals surface area (Å²) in [5.41, 5.74) is 3.07. The van der Waals surface area contributed by atoms with Crippen molar-refractivity contribution in [1.29, 1.82) is 0 Å². The normalized spacial score (nSPS) is 11.0. The molecule has 0 saturated carbocycles. The molecule has 0 unspecified atom stereocenters. The Morgan fingerprint density at radius 2 is 1.88 bits per heavy atom. The van der Waals surface area contributed by atoms with Gasteiger partial charge in [0.15, 0.2) is 0 Å². The van der Waals surface area contributed by atoms with Crippen LogP contribution in [0.25, 0.3) is 26.7 Å². The second-order valence-electron chi connectivity index (χ2n) is 7.42. The molecule has 6 heteroatoms. The van der Waals surface area contributed by atoms with Gasteiger partial charge in [-0.25, -0.2) is 0 Å². The SMILES string of the molecule is COc1cccc(-c2cc(C(=O)NCc3ccccc3)c3c4sccc4ccn3c2=O)c1. The first-order valence-electron chi connectivity index (χ1n) is 10.2. The lowest BCUT2D eigenvalue weighted by atomic mass is 10.0. The zero-order chi connectivity index (χ0) is 22.1. The Morgan fingerprint density at radius 1 is 1.03 bits per heavy atom.